The molecule has 0 bridgehead atoms. The number of thiophene rings is 1. The Hall–Kier alpha value is -3.13. The monoisotopic (exact) mass is 575 g/mol. The molecule has 6 rings (SSSR count). The average molecular weight is 576 g/mol. The molecule has 4 heterocycles. The lowest BCUT2D eigenvalue weighted by Gasteiger charge is -2.34. The minimum absolute atomic E-state index is 0.00507. The van der Waals surface area contributed by atoms with Crippen molar-refractivity contribution in [2.24, 2.45) is 11.8 Å². The molecule has 2 fully saturated rings. The number of carbonyl (C=O) groups is 2. The van der Waals surface area contributed by atoms with E-state index >= 15 is 0 Å². The number of ketones is 1. The van der Waals surface area contributed by atoms with Crippen LogP contribution in [0.4, 0.5) is 0 Å². The third-order valence-corrected chi connectivity index (χ3v) is 9.62. The van der Waals surface area contributed by atoms with E-state index in [1.165, 1.54) is 5.56 Å². The first-order valence-corrected chi connectivity index (χ1v) is 16.2. The number of likely N-dealkylation sites (tertiary alicyclic amines) is 1. The van der Waals surface area contributed by atoms with Gasteiger partial charge in [-0.15, -0.1) is 0 Å². The van der Waals surface area contributed by atoms with E-state index in [2.05, 4.69) is 33.5 Å². The molecule has 2 aliphatic heterocycles. The van der Waals surface area contributed by atoms with Gasteiger partial charge in [-0.3, -0.25) is 14.2 Å². The van der Waals surface area contributed by atoms with Crippen LogP contribution in [0.25, 0.3) is 17.1 Å². The first-order chi connectivity index (χ1) is 19.9. The number of nitrogens with zero attached hydrogens (tertiary/aromatic N) is 3. The van der Waals surface area contributed by atoms with Gasteiger partial charge in [-0.2, -0.15) is 11.3 Å². The van der Waals surface area contributed by atoms with E-state index in [1.807, 2.05) is 18.7 Å². The van der Waals surface area contributed by atoms with E-state index in [1.54, 1.807) is 18.4 Å². The summed E-state index contributed by atoms with van der Waals surface area (Å²) in [6.07, 6.45) is 9.10. The highest BCUT2D eigenvalue weighted by atomic mass is 32.1. The summed E-state index contributed by atoms with van der Waals surface area (Å²) in [5, 5.41) is 4.15. The summed E-state index contributed by atoms with van der Waals surface area (Å²) in [5.41, 5.74) is 4.81. The Kier molecular flexibility index (Phi) is 8.20. The summed E-state index contributed by atoms with van der Waals surface area (Å²) < 4.78 is 14.0. The lowest BCUT2D eigenvalue weighted by Crippen LogP contribution is -2.45. The van der Waals surface area contributed by atoms with E-state index in [-0.39, 0.29) is 23.7 Å². The Morgan fingerprint density at radius 3 is 2.41 bits per heavy atom. The predicted molar refractivity (Wildman–Crippen MR) is 161 cm³/mol. The number of benzene rings is 1. The van der Waals surface area contributed by atoms with Gasteiger partial charge >= 0.3 is 0 Å². The fourth-order valence-electron chi connectivity index (χ4n) is 6.66. The number of imidazole rings is 1. The number of hydrogen-bond acceptors (Lipinski definition) is 6. The molecule has 0 spiro atoms. The molecule has 1 saturated heterocycles. The predicted octanol–water partition coefficient (Wildman–Crippen LogP) is 6.89. The molecule has 0 N–H and O–H groups in total. The van der Waals surface area contributed by atoms with E-state index in [0.29, 0.717) is 17.4 Å². The SMILES string of the molecule is COc1cc2c(cc1OC(C)C)-n1c(-c3ccsc3)nc(C(=O)C3CCCCC(C(=O)N4CCC4)CCC3)c1CC2. The van der Waals surface area contributed by atoms with E-state index in [0.717, 1.165) is 106 Å². The van der Waals surface area contributed by atoms with Crippen LogP contribution in [0.2, 0.25) is 0 Å². The molecule has 7 nitrogen and oxygen atoms in total. The van der Waals surface area contributed by atoms with Gasteiger partial charge in [-0.25, -0.2) is 4.98 Å². The maximum atomic E-state index is 14.2. The summed E-state index contributed by atoms with van der Waals surface area (Å²) in [7, 11) is 1.67. The summed E-state index contributed by atoms with van der Waals surface area (Å²) in [6.45, 7) is 5.84. The third kappa shape index (κ3) is 5.55. The van der Waals surface area contributed by atoms with Crippen LogP contribution in [-0.2, 0) is 17.6 Å². The van der Waals surface area contributed by atoms with E-state index in [9.17, 15) is 9.59 Å². The first-order valence-electron chi connectivity index (χ1n) is 15.3. The highest BCUT2D eigenvalue weighted by Crippen LogP contribution is 2.41. The zero-order valence-corrected chi connectivity index (χ0v) is 25.3. The maximum Gasteiger partial charge on any atom is 0.225 e. The van der Waals surface area contributed by atoms with Crippen LogP contribution in [-0.4, -0.2) is 52.4 Å². The normalized spacial score (nSPS) is 20.7. The number of ether oxygens (including phenoxy) is 2. The standard InChI is InChI=1S/C33H41N3O4S/c1-21(2)40-29-19-27-24(18-28(29)39-3)12-13-26-30(34-32(36(26)27)25-14-17-41-20-25)31(37)22-8-4-5-9-23(11-6-10-22)33(38)35-15-7-16-35/h14,17-23H,4-13,15-16H2,1-3H3. The number of fused-ring (bicyclic) bond motifs is 3. The van der Waals surface area contributed by atoms with E-state index < -0.39 is 0 Å². The molecule has 41 heavy (non-hydrogen) atoms. The Morgan fingerprint density at radius 2 is 1.73 bits per heavy atom. The Morgan fingerprint density at radius 1 is 0.976 bits per heavy atom. The van der Waals surface area contributed by atoms with Gasteiger partial charge in [0.25, 0.3) is 0 Å². The molecular weight excluding hydrogens is 534 g/mol. The minimum Gasteiger partial charge on any atom is -0.493 e. The van der Waals surface area contributed by atoms with Crippen molar-refractivity contribution in [3.8, 4) is 28.6 Å². The first kappa shape index (κ1) is 28.0. The molecule has 2 aromatic heterocycles. The zero-order chi connectivity index (χ0) is 28.5. The third-order valence-electron chi connectivity index (χ3n) is 8.93. The Bertz CT molecular complexity index is 1410. The van der Waals surface area contributed by atoms with E-state index in [4.69, 9.17) is 14.5 Å². The van der Waals surface area contributed by atoms with Crippen molar-refractivity contribution in [3.05, 3.63) is 45.9 Å². The van der Waals surface area contributed by atoms with Crippen LogP contribution in [0, 0.1) is 11.8 Å². The van der Waals surface area contributed by atoms with Gasteiger partial charge in [0.15, 0.2) is 17.3 Å². The Balaban J connectivity index is 1.32. The summed E-state index contributed by atoms with van der Waals surface area (Å²) in [5.74, 6) is 2.80. The number of rotatable bonds is 7. The van der Waals surface area contributed by atoms with Crippen LogP contribution >= 0.6 is 11.3 Å². The molecule has 8 heteroatoms. The van der Waals surface area contributed by atoms with Crippen molar-refractivity contribution >= 4 is 23.0 Å². The molecule has 0 radical (unpaired) electrons. The fourth-order valence-corrected chi connectivity index (χ4v) is 7.30. The quantitative estimate of drug-likeness (QED) is 0.287. The van der Waals surface area contributed by atoms with Gasteiger partial charge in [0.1, 0.15) is 11.5 Å². The van der Waals surface area contributed by atoms with Gasteiger partial charge in [-0.05, 0) is 81.9 Å². The second-order valence-electron chi connectivity index (χ2n) is 12.0. The maximum absolute atomic E-state index is 14.2. The molecule has 3 aliphatic rings. The molecule has 3 aromatic rings. The molecule has 218 valence electrons. The second kappa shape index (κ2) is 12.0. The number of amides is 1. The van der Waals surface area contributed by atoms with Crippen molar-refractivity contribution in [1.29, 1.82) is 0 Å². The number of carbonyl (C=O) groups excluding carboxylic acids is 2. The highest BCUT2D eigenvalue weighted by molar-refractivity contribution is 7.08. The van der Waals surface area contributed by atoms with Gasteiger partial charge in [0, 0.05) is 41.9 Å². The van der Waals surface area contributed by atoms with Crippen molar-refractivity contribution in [2.45, 2.75) is 84.2 Å². The number of aryl methyl sites for hydroxylation is 1. The summed E-state index contributed by atoms with van der Waals surface area (Å²) >= 11 is 1.63. The molecular formula is C33H41N3O4S. The van der Waals surface area contributed by atoms with Gasteiger partial charge in [-0.1, -0.05) is 19.3 Å². The van der Waals surface area contributed by atoms with Crippen LogP contribution in [0.5, 0.6) is 11.5 Å². The summed E-state index contributed by atoms with van der Waals surface area (Å²) in [4.78, 5) is 34.3. The minimum atomic E-state index is -0.0557. The van der Waals surface area contributed by atoms with Crippen LogP contribution < -0.4 is 9.47 Å². The second-order valence-corrected chi connectivity index (χ2v) is 12.8. The largest absolute Gasteiger partial charge is 0.493 e. The lowest BCUT2D eigenvalue weighted by atomic mass is 9.89. The molecule has 1 aliphatic carbocycles. The van der Waals surface area contributed by atoms with Gasteiger partial charge in [0.2, 0.25) is 5.91 Å². The fraction of sp³-hybridized carbons (Fsp3) is 0.545. The Labute approximate surface area is 246 Å². The average Bonchev–Trinajstić information content (AvgIpc) is 3.61. The molecule has 1 amide bonds. The van der Waals surface area contributed by atoms with Crippen LogP contribution in [0.15, 0.2) is 29.0 Å². The van der Waals surface area contributed by atoms with Crippen molar-refractivity contribution in [2.75, 3.05) is 20.2 Å². The van der Waals surface area contributed by atoms with Gasteiger partial charge in [0.05, 0.1) is 24.6 Å². The molecule has 1 aromatic carbocycles. The molecule has 2 unspecified atom stereocenters. The van der Waals surface area contributed by atoms with Crippen LogP contribution in [0.3, 0.4) is 0 Å². The smallest absolute Gasteiger partial charge is 0.225 e. The van der Waals surface area contributed by atoms with Crippen molar-refractivity contribution < 1.29 is 19.1 Å². The highest BCUT2D eigenvalue weighted by Gasteiger charge is 2.34. The topological polar surface area (TPSA) is 73.7 Å². The zero-order valence-electron chi connectivity index (χ0n) is 24.5. The molecule has 1 saturated carbocycles. The van der Waals surface area contributed by atoms with Crippen molar-refractivity contribution in [3.63, 3.8) is 0 Å². The number of Topliss-reactive ketones (excluding diaryl/α,β-unsaturated/α-hetero) is 1. The number of hydrogen-bond donors (Lipinski definition) is 0. The van der Waals surface area contributed by atoms with Crippen molar-refractivity contribution in [1.82, 2.24) is 14.5 Å². The summed E-state index contributed by atoms with van der Waals surface area (Å²) in [6, 6.07) is 6.20. The number of methoxy groups -OCH3 is 1. The lowest BCUT2D eigenvalue weighted by molar-refractivity contribution is -0.139. The number of aromatic nitrogens is 2. The van der Waals surface area contributed by atoms with Crippen LogP contribution in [0.1, 0.15) is 87.0 Å². The van der Waals surface area contributed by atoms with Gasteiger partial charge < -0.3 is 14.4 Å². The molecule has 2 atom stereocenters.